The lowest BCUT2D eigenvalue weighted by Gasteiger charge is -2.31. The van der Waals surface area contributed by atoms with Crippen molar-refractivity contribution in [3.05, 3.63) is 115 Å². The molecule has 0 radical (unpaired) electrons. The van der Waals surface area contributed by atoms with Gasteiger partial charge in [-0.2, -0.15) is 0 Å². The third-order valence-corrected chi connectivity index (χ3v) is 8.08. The van der Waals surface area contributed by atoms with E-state index in [0.29, 0.717) is 11.1 Å². The summed E-state index contributed by atoms with van der Waals surface area (Å²) < 4.78 is 1.88. The van der Waals surface area contributed by atoms with Crippen molar-refractivity contribution in [3.63, 3.8) is 0 Å². The first kappa shape index (κ1) is 21.3. The van der Waals surface area contributed by atoms with Crippen molar-refractivity contribution < 1.29 is 9.59 Å². The molecule has 6 heteroatoms. The molecule has 4 aromatic carbocycles. The lowest BCUT2D eigenvalue weighted by atomic mass is 9.70. The maximum atomic E-state index is 12.2. The molecule has 0 fully saturated rings. The highest BCUT2D eigenvalue weighted by molar-refractivity contribution is 9.10. The number of halogens is 4. The standard InChI is InChI=1S/C27H12Br2Cl2O2/c28-15-3-7-19-17-5-1-13(25(30)32)9-21(17)27(23(19)11-15)22-10-14(26(31)33)2-6-18(22)20-8-4-16(29)12-24(20)27/h1-12H. The summed E-state index contributed by atoms with van der Waals surface area (Å²) in [6.45, 7) is 0. The molecule has 0 atom stereocenters. The number of hydrogen-bond donors (Lipinski definition) is 0. The van der Waals surface area contributed by atoms with E-state index in [4.69, 9.17) is 23.2 Å². The fourth-order valence-electron chi connectivity index (χ4n) is 5.42. The van der Waals surface area contributed by atoms with E-state index in [1.165, 1.54) is 0 Å². The van der Waals surface area contributed by atoms with Crippen LogP contribution in [0.3, 0.4) is 0 Å². The number of rotatable bonds is 2. The van der Waals surface area contributed by atoms with Gasteiger partial charge in [-0.05, 0) is 116 Å². The Balaban J connectivity index is 1.85. The van der Waals surface area contributed by atoms with Crippen LogP contribution in [0.25, 0.3) is 22.3 Å². The lowest BCUT2D eigenvalue weighted by molar-refractivity contribution is 0.107. The molecule has 0 unspecified atom stereocenters. The first-order chi connectivity index (χ1) is 15.8. The summed E-state index contributed by atoms with van der Waals surface area (Å²) in [6, 6.07) is 23.6. The Bertz CT molecular complexity index is 1440. The molecule has 4 aromatic rings. The molecule has 0 saturated carbocycles. The second-order valence-corrected chi connectivity index (χ2v) is 10.7. The minimum atomic E-state index is -0.729. The predicted octanol–water partition coefficient (Wildman–Crippen LogP) is 8.31. The summed E-state index contributed by atoms with van der Waals surface area (Å²) in [5.41, 5.74) is 8.39. The predicted molar refractivity (Wildman–Crippen MR) is 139 cm³/mol. The van der Waals surface area contributed by atoms with Crippen LogP contribution in [0.4, 0.5) is 0 Å². The second-order valence-electron chi connectivity index (χ2n) is 8.20. The molecule has 2 aliphatic carbocycles. The molecule has 160 valence electrons. The van der Waals surface area contributed by atoms with Crippen LogP contribution in [0.1, 0.15) is 43.0 Å². The summed E-state index contributed by atoms with van der Waals surface area (Å²) in [5.74, 6) is 0. The Hall–Kier alpha value is -2.24. The Labute approximate surface area is 216 Å². The van der Waals surface area contributed by atoms with Gasteiger partial charge in [-0.1, -0.05) is 56.1 Å². The number of carbonyl (C=O) groups excluding carboxylic acids is 2. The number of hydrogen-bond acceptors (Lipinski definition) is 2. The van der Waals surface area contributed by atoms with Gasteiger partial charge in [-0.25, -0.2) is 0 Å². The Morgan fingerprint density at radius 1 is 0.545 bits per heavy atom. The van der Waals surface area contributed by atoms with Crippen molar-refractivity contribution in [3.8, 4) is 22.3 Å². The molecular formula is C27H12Br2Cl2O2. The summed E-state index contributed by atoms with van der Waals surface area (Å²) in [5, 5.41) is -1.02. The molecular weight excluding hydrogens is 587 g/mol. The van der Waals surface area contributed by atoms with Crippen molar-refractivity contribution in [1.29, 1.82) is 0 Å². The highest BCUT2D eigenvalue weighted by atomic mass is 79.9. The van der Waals surface area contributed by atoms with Gasteiger partial charge in [-0.3, -0.25) is 9.59 Å². The van der Waals surface area contributed by atoms with Gasteiger partial charge in [0.15, 0.2) is 0 Å². The first-order valence-electron chi connectivity index (χ1n) is 10.1. The highest BCUT2D eigenvalue weighted by Gasteiger charge is 2.52. The number of carbonyl (C=O) groups is 2. The van der Waals surface area contributed by atoms with E-state index in [0.717, 1.165) is 53.5 Å². The first-order valence-corrected chi connectivity index (χ1v) is 12.5. The Morgan fingerprint density at radius 2 is 0.879 bits per heavy atom. The van der Waals surface area contributed by atoms with Crippen molar-refractivity contribution >= 4 is 65.5 Å². The largest absolute Gasteiger partial charge is 0.276 e. The van der Waals surface area contributed by atoms with Crippen LogP contribution in [-0.4, -0.2) is 10.5 Å². The Kier molecular flexibility index (Phi) is 4.76. The molecule has 0 aromatic heterocycles. The van der Waals surface area contributed by atoms with Crippen LogP contribution >= 0.6 is 55.1 Å². The van der Waals surface area contributed by atoms with E-state index in [-0.39, 0.29) is 0 Å². The zero-order chi connectivity index (χ0) is 23.1. The van der Waals surface area contributed by atoms with Crippen LogP contribution < -0.4 is 0 Å². The minimum absolute atomic E-state index is 0.427. The van der Waals surface area contributed by atoms with Gasteiger partial charge in [0.1, 0.15) is 0 Å². The van der Waals surface area contributed by atoms with Gasteiger partial charge >= 0.3 is 0 Å². The molecule has 2 aliphatic rings. The molecule has 0 amide bonds. The fourth-order valence-corrected chi connectivity index (χ4v) is 6.37. The van der Waals surface area contributed by atoms with Gasteiger partial charge < -0.3 is 0 Å². The van der Waals surface area contributed by atoms with Crippen molar-refractivity contribution in [2.24, 2.45) is 0 Å². The van der Waals surface area contributed by atoms with Gasteiger partial charge in [0.05, 0.1) is 5.41 Å². The van der Waals surface area contributed by atoms with E-state index in [9.17, 15) is 9.59 Å². The molecule has 2 nitrogen and oxygen atoms in total. The lowest BCUT2D eigenvalue weighted by Crippen LogP contribution is -2.26. The average molecular weight is 599 g/mol. The molecule has 0 heterocycles. The van der Waals surface area contributed by atoms with Gasteiger partial charge in [0.25, 0.3) is 10.5 Å². The molecule has 1 spiro atoms. The summed E-state index contributed by atoms with van der Waals surface area (Å²) in [6.07, 6.45) is 0. The van der Waals surface area contributed by atoms with E-state index in [1.54, 1.807) is 12.1 Å². The van der Waals surface area contributed by atoms with Crippen LogP contribution in [0, 0.1) is 0 Å². The van der Waals surface area contributed by atoms with Gasteiger partial charge in [0.2, 0.25) is 0 Å². The van der Waals surface area contributed by atoms with Crippen LogP contribution in [-0.2, 0) is 5.41 Å². The third kappa shape index (κ3) is 2.85. The zero-order valence-electron chi connectivity index (χ0n) is 16.8. The third-order valence-electron chi connectivity index (χ3n) is 6.65. The van der Waals surface area contributed by atoms with Gasteiger partial charge in [-0.15, -0.1) is 0 Å². The van der Waals surface area contributed by atoms with Crippen molar-refractivity contribution in [2.75, 3.05) is 0 Å². The highest BCUT2D eigenvalue weighted by Crippen LogP contribution is 2.63. The smallest absolute Gasteiger partial charge is 0.252 e. The van der Waals surface area contributed by atoms with E-state index in [1.807, 2.05) is 36.4 Å². The summed E-state index contributed by atoms with van der Waals surface area (Å²) >= 11 is 19.1. The minimum Gasteiger partial charge on any atom is -0.276 e. The number of fused-ring (bicyclic) bond motifs is 10. The molecule has 0 aliphatic heterocycles. The number of benzene rings is 4. The van der Waals surface area contributed by atoms with E-state index < -0.39 is 15.9 Å². The van der Waals surface area contributed by atoms with E-state index in [2.05, 4.69) is 56.1 Å². The fraction of sp³-hybridized carbons (Fsp3) is 0.0370. The maximum Gasteiger partial charge on any atom is 0.252 e. The van der Waals surface area contributed by atoms with Gasteiger partial charge in [0, 0.05) is 20.1 Å². The topological polar surface area (TPSA) is 34.1 Å². The normalized spacial score (nSPS) is 13.9. The second kappa shape index (κ2) is 7.38. The Morgan fingerprint density at radius 3 is 1.24 bits per heavy atom. The molecule has 0 bridgehead atoms. The summed E-state index contributed by atoms with van der Waals surface area (Å²) in [4.78, 5) is 24.3. The van der Waals surface area contributed by atoms with Crippen molar-refractivity contribution in [1.82, 2.24) is 0 Å². The molecule has 0 saturated heterocycles. The summed E-state index contributed by atoms with van der Waals surface area (Å²) in [7, 11) is 0. The maximum absolute atomic E-state index is 12.2. The average Bonchev–Trinajstić information content (AvgIpc) is 3.24. The van der Waals surface area contributed by atoms with Crippen molar-refractivity contribution in [2.45, 2.75) is 5.41 Å². The van der Waals surface area contributed by atoms with Crippen LogP contribution in [0.2, 0.25) is 0 Å². The molecule has 0 N–H and O–H groups in total. The van der Waals surface area contributed by atoms with Crippen LogP contribution in [0.15, 0.2) is 81.7 Å². The quantitative estimate of drug-likeness (QED) is 0.188. The SMILES string of the molecule is O=C(Cl)c1ccc2c(c1)C1(c3cc(Br)ccc3-2)c2cc(Br)ccc2-c2ccc(C(=O)Cl)cc21. The molecule has 6 rings (SSSR count). The van der Waals surface area contributed by atoms with E-state index >= 15 is 0 Å². The molecule has 33 heavy (non-hydrogen) atoms. The monoisotopic (exact) mass is 596 g/mol. The zero-order valence-corrected chi connectivity index (χ0v) is 21.4. The van der Waals surface area contributed by atoms with Crippen LogP contribution in [0.5, 0.6) is 0 Å².